The van der Waals surface area contributed by atoms with Gasteiger partial charge < -0.3 is 11.1 Å². The van der Waals surface area contributed by atoms with Crippen molar-refractivity contribution in [2.75, 3.05) is 6.54 Å². The maximum atomic E-state index is 11.4. The van der Waals surface area contributed by atoms with E-state index in [0.29, 0.717) is 18.9 Å². The molecule has 0 bridgehead atoms. The molecule has 0 heterocycles. The van der Waals surface area contributed by atoms with Gasteiger partial charge in [0, 0.05) is 19.0 Å². The lowest BCUT2D eigenvalue weighted by molar-refractivity contribution is -0.122. The summed E-state index contributed by atoms with van der Waals surface area (Å²) in [6, 6.07) is 0.0605. The van der Waals surface area contributed by atoms with E-state index >= 15 is 0 Å². The average molecular weight is 198 g/mol. The van der Waals surface area contributed by atoms with Crippen molar-refractivity contribution >= 4 is 5.91 Å². The molecule has 3 nitrogen and oxygen atoms in total. The molecule has 0 aromatic rings. The van der Waals surface area contributed by atoms with Crippen molar-refractivity contribution in [1.29, 1.82) is 0 Å². The van der Waals surface area contributed by atoms with Gasteiger partial charge in [-0.1, -0.05) is 19.3 Å². The van der Waals surface area contributed by atoms with E-state index in [1.165, 1.54) is 32.1 Å². The van der Waals surface area contributed by atoms with E-state index in [1.807, 2.05) is 6.92 Å². The smallest absolute Gasteiger partial charge is 0.220 e. The van der Waals surface area contributed by atoms with Crippen molar-refractivity contribution < 1.29 is 4.79 Å². The van der Waals surface area contributed by atoms with Gasteiger partial charge >= 0.3 is 0 Å². The first kappa shape index (κ1) is 11.5. The van der Waals surface area contributed by atoms with Crippen LogP contribution in [0.3, 0.4) is 0 Å². The van der Waals surface area contributed by atoms with Crippen molar-refractivity contribution in [1.82, 2.24) is 5.32 Å². The van der Waals surface area contributed by atoms with Gasteiger partial charge in [-0.3, -0.25) is 4.79 Å². The topological polar surface area (TPSA) is 55.1 Å². The van der Waals surface area contributed by atoms with E-state index in [4.69, 9.17) is 5.73 Å². The SMILES string of the molecule is CC(N)CNC(=O)CC1CCCCC1. The number of nitrogens with two attached hydrogens (primary N) is 1. The normalized spacial score (nSPS) is 20.4. The number of carbonyl (C=O) groups is 1. The van der Waals surface area contributed by atoms with Crippen molar-refractivity contribution in [2.45, 2.75) is 51.5 Å². The number of rotatable bonds is 4. The van der Waals surface area contributed by atoms with Gasteiger partial charge in [-0.2, -0.15) is 0 Å². The lowest BCUT2D eigenvalue weighted by Crippen LogP contribution is -2.36. The fourth-order valence-electron chi connectivity index (χ4n) is 2.00. The summed E-state index contributed by atoms with van der Waals surface area (Å²) in [5.74, 6) is 0.797. The molecule has 3 N–H and O–H groups in total. The monoisotopic (exact) mass is 198 g/mol. The standard InChI is InChI=1S/C11H22N2O/c1-9(12)8-13-11(14)7-10-5-3-2-4-6-10/h9-10H,2-8,12H2,1H3,(H,13,14). The summed E-state index contributed by atoms with van der Waals surface area (Å²) in [7, 11) is 0. The summed E-state index contributed by atoms with van der Waals surface area (Å²) in [4.78, 5) is 11.4. The Morgan fingerprint density at radius 3 is 2.64 bits per heavy atom. The van der Waals surface area contributed by atoms with Gasteiger partial charge in [-0.05, 0) is 25.7 Å². The van der Waals surface area contributed by atoms with Gasteiger partial charge in [-0.25, -0.2) is 0 Å². The third-order valence-electron chi connectivity index (χ3n) is 2.82. The van der Waals surface area contributed by atoms with Gasteiger partial charge in [-0.15, -0.1) is 0 Å². The van der Waals surface area contributed by atoms with Crippen molar-refractivity contribution in [3.63, 3.8) is 0 Å². The molecule has 1 saturated carbocycles. The highest BCUT2D eigenvalue weighted by molar-refractivity contribution is 5.76. The highest BCUT2D eigenvalue weighted by Crippen LogP contribution is 2.25. The number of hydrogen-bond acceptors (Lipinski definition) is 2. The third-order valence-corrected chi connectivity index (χ3v) is 2.82. The minimum Gasteiger partial charge on any atom is -0.355 e. The van der Waals surface area contributed by atoms with Crippen molar-refractivity contribution in [3.8, 4) is 0 Å². The molecule has 1 aliphatic carbocycles. The minimum atomic E-state index is 0.0605. The summed E-state index contributed by atoms with van der Waals surface area (Å²) in [6.45, 7) is 2.51. The molecule has 0 radical (unpaired) electrons. The van der Waals surface area contributed by atoms with Crippen LogP contribution in [0, 0.1) is 5.92 Å². The molecule has 0 aromatic heterocycles. The molecule has 1 unspecified atom stereocenters. The van der Waals surface area contributed by atoms with Gasteiger partial charge in [0.2, 0.25) is 5.91 Å². The van der Waals surface area contributed by atoms with E-state index in [9.17, 15) is 4.79 Å². The van der Waals surface area contributed by atoms with Crippen LogP contribution in [0.2, 0.25) is 0 Å². The summed E-state index contributed by atoms with van der Waals surface area (Å²) in [6.07, 6.45) is 7.10. The Morgan fingerprint density at radius 2 is 2.07 bits per heavy atom. The molecule has 3 heteroatoms. The van der Waals surface area contributed by atoms with Crippen LogP contribution in [0.1, 0.15) is 45.4 Å². The molecule has 1 rings (SSSR count). The van der Waals surface area contributed by atoms with Crippen LogP contribution in [0.4, 0.5) is 0 Å². The lowest BCUT2D eigenvalue weighted by Gasteiger charge is -2.21. The average Bonchev–Trinajstić information content (AvgIpc) is 2.16. The fourth-order valence-corrected chi connectivity index (χ4v) is 2.00. The van der Waals surface area contributed by atoms with Crippen LogP contribution in [0.5, 0.6) is 0 Å². The second-order valence-electron chi connectivity index (χ2n) is 4.49. The van der Waals surface area contributed by atoms with Crippen LogP contribution in [0.25, 0.3) is 0 Å². The Labute approximate surface area is 86.4 Å². The molecule has 0 spiro atoms. The molecule has 1 amide bonds. The molecular weight excluding hydrogens is 176 g/mol. The quantitative estimate of drug-likeness (QED) is 0.718. The van der Waals surface area contributed by atoms with Gasteiger partial charge in [0.1, 0.15) is 0 Å². The lowest BCUT2D eigenvalue weighted by atomic mass is 9.87. The highest BCUT2D eigenvalue weighted by atomic mass is 16.1. The predicted octanol–water partition coefficient (Wildman–Crippen LogP) is 1.42. The highest BCUT2D eigenvalue weighted by Gasteiger charge is 2.16. The summed E-state index contributed by atoms with van der Waals surface area (Å²) < 4.78 is 0. The number of carbonyl (C=O) groups excluding carboxylic acids is 1. The maximum absolute atomic E-state index is 11.4. The Kier molecular flexibility index (Phi) is 4.94. The van der Waals surface area contributed by atoms with Gasteiger partial charge in [0.05, 0.1) is 0 Å². The van der Waals surface area contributed by atoms with Gasteiger partial charge in [0.25, 0.3) is 0 Å². The first-order valence-electron chi connectivity index (χ1n) is 5.70. The van der Waals surface area contributed by atoms with E-state index in [0.717, 1.165) is 0 Å². The van der Waals surface area contributed by atoms with Crippen LogP contribution < -0.4 is 11.1 Å². The summed E-state index contributed by atoms with van der Waals surface area (Å²) in [5, 5.41) is 2.87. The van der Waals surface area contributed by atoms with E-state index in [1.54, 1.807) is 0 Å². The first-order valence-corrected chi connectivity index (χ1v) is 5.70. The van der Waals surface area contributed by atoms with Gasteiger partial charge in [0.15, 0.2) is 0 Å². The van der Waals surface area contributed by atoms with E-state index in [-0.39, 0.29) is 11.9 Å². The Hall–Kier alpha value is -0.570. The molecule has 0 aliphatic heterocycles. The van der Waals surface area contributed by atoms with Crippen LogP contribution >= 0.6 is 0 Å². The van der Waals surface area contributed by atoms with E-state index in [2.05, 4.69) is 5.32 Å². The predicted molar refractivity (Wildman–Crippen MR) is 57.9 cm³/mol. The zero-order valence-corrected chi connectivity index (χ0v) is 9.09. The minimum absolute atomic E-state index is 0.0605. The largest absolute Gasteiger partial charge is 0.355 e. The Morgan fingerprint density at radius 1 is 1.43 bits per heavy atom. The second-order valence-corrected chi connectivity index (χ2v) is 4.49. The molecular formula is C11H22N2O. The zero-order chi connectivity index (χ0) is 10.4. The second kappa shape index (κ2) is 6.02. The van der Waals surface area contributed by atoms with Crippen LogP contribution in [0.15, 0.2) is 0 Å². The molecule has 1 fully saturated rings. The van der Waals surface area contributed by atoms with Crippen molar-refractivity contribution in [3.05, 3.63) is 0 Å². The molecule has 82 valence electrons. The fraction of sp³-hybridized carbons (Fsp3) is 0.909. The summed E-state index contributed by atoms with van der Waals surface area (Å²) in [5.41, 5.74) is 5.56. The maximum Gasteiger partial charge on any atom is 0.220 e. The molecule has 1 atom stereocenters. The number of nitrogens with one attached hydrogen (secondary N) is 1. The zero-order valence-electron chi connectivity index (χ0n) is 9.09. The third kappa shape index (κ3) is 4.61. The van der Waals surface area contributed by atoms with Crippen LogP contribution in [-0.2, 0) is 4.79 Å². The molecule has 0 saturated heterocycles. The van der Waals surface area contributed by atoms with Crippen molar-refractivity contribution in [2.24, 2.45) is 11.7 Å². The molecule has 1 aliphatic rings. The summed E-state index contributed by atoms with van der Waals surface area (Å²) >= 11 is 0. The Balaban J connectivity index is 2.12. The van der Waals surface area contributed by atoms with E-state index < -0.39 is 0 Å². The first-order chi connectivity index (χ1) is 6.68. The van der Waals surface area contributed by atoms with Crippen LogP contribution in [-0.4, -0.2) is 18.5 Å². The number of amides is 1. The number of hydrogen-bond donors (Lipinski definition) is 2. The molecule has 0 aromatic carbocycles. The molecule has 14 heavy (non-hydrogen) atoms. The Bertz CT molecular complexity index is 174.